The van der Waals surface area contributed by atoms with Crippen LogP contribution in [0.2, 0.25) is 0 Å². The Hall–Kier alpha value is -0.220. The van der Waals surface area contributed by atoms with E-state index in [2.05, 4.69) is 25.4 Å². The summed E-state index contributed by atoms with van der Waals surface area (Å²) in [7, 11) is 1.92. The predicted molar refractivity (Wildman–Crippen MR) is 66.1 cm³/mol. The van der Waals surface area contributed by atoms with Gasteiger partial charge in [-0.1, -0.05) is 6.92 Å². The highest BCUT2D eigenvalue weighted by atomic mass is 32.2. The summed E-state index contributed by atoms with van der Waals surface area (Å²) in [5.74, 6) is 1.96. The molecule has 3 nitrogen and oxygen atoms in total. The van der Waals surface area contributed by atoms with E-state index in [1.54, 1.807) is 11.8 Å². The molecular weight excluding hydrogens is 208 g/mol. The monoisotopic (exact) mass is 230 g/mol. The molecule has 0 aromatic rings. The Morgan fingerprint density at radius 1 is 1.60 bits per heavy atom. The Labute approximate surface area is 97.0 Å². The molecule has 1 saturated heterocycles. The maximum absolute atomic E-state index is 12.1. The van der Waals surface area contributed by atoms with Gasteiger partial charge in [-0.3, -0.25) is 4.79 Å². The van der Waals surface area contributed by atoms with Gasteiger partial charge in [-0.15, -0.1) is 0 Å². The van der Waals surface area contributed by atoms with Gasteiger partial charge >= 0.3 is 0 Å². The average Bonchev–Trinajstić information content (AvgIpc) is 2.62. The van der Waals surface area contributed by atoms with Crippen molar-refractivity contribution in [3.05, 3.63) is 0 Å². The lowest BCUT2D eigenvalue weighted by molar-refractivity contribution is -0.136. The second-order valence-corrected chi connectivity index (χ2v) is 5.41. The summed E-state index contributed by atoms with van der Waals surface area (Å²) in [6.07, 6.45) is 2.08. The van der Waals surface area contributed by atoms with Crippen LogP contribution in [0.1, 0.15) is 13.8 Å². The summed E-state index contributed by atoms with van der Waals surface area (Å²) in [6.45, 7) is 6.08. The molecule has 0 saturated carbocycles. The fourth-order valence-electron chi connectivity index (χ4n) is 1.97. The lowest BCUT2D eigenvalue weighted by Gasteiger charge is -2.28. The van der Waals surface area contributed by atoms with Crippen molar-refractivity contribution < 1.29 is 4.79 Å². The molecule has 88 valence electrons. The predicted octanol–water partition coefficient (Wildman–Crippen LogP) is 1.05. The lowest BCUT2D eigenvalue weighted by atomic mass is 9.96. The Balaban J connectivity index is 2.51. The van der Waals surface area contributed by atoms with E-state index in [0.29, 0.717) is 17.9 Å². The molecule has 1 rings (SSSR count). The number of amides is 1. The van der Waals surface area contributed by atoms with Crippen LogP contribution in [-0.4, -0.2) is 49.0 Å². The van der Waals surface area contributed by atoms with Gasteiger partial charge in [0.1, 0.15) is 0 Å². The van der Waals surface area contributed by atoms with Crippen LogP contribution >= 0.6 is 11.8 Å². The largest absolute Gasteiger partial charge is 0.342 e. The van der Waals surface area contributed by atoms with E-state index in [9.17, 15) is 4.79 Å². The van der Waals surface area contributed by atoms with Crippen molar-refractivity contribution in [1.29, 1.82) is 0 Å². The number of nitrogens with zero attached hydrogens (tertiary/aromatic N) is 1. The molecule has 0 aromatic heterocycles. The molecule has 3 atom stereocenters. The van der Waals surface area contributed by atoms with Crippen molar-refractivity contribution in [2.75, 3.05) is 32.1 Å². The molecule has 0 bridgehead atoms. The van der Waals surface area contributed by atoms with Gasteiger partial charge in [0, 0.05) is 25.4 Å². The molecule has 1 aliphatic heterocycles. The topological polar surface area (TPSA) is 32.3 Å². The van der Waals surface area contributed by atoms with Gasteiger partial charge in [-0.25, -0.2) is 0 Å². The van der Waals surface area contributed by atoms with Crippen LogP contribution in [0.15, 0.2) is 0 Å². The first kappa shape index (κ1) is 12.8. The minimum absolute atomic E-state index is 0.180. The number of nitrogens with one attached hydrogen (secondary N) is 1. The van der Waals surface area contributed by atoms with Gasteiger partial charge in [-0.2, -0.15) is 11.8 Å². The first-order valence-corrected chi connectivity index (χ1v) is 6.93. The van der Waals surface area contributed by atoms with Crippen molar-refractivity contribution in [2.24, 2.45) is 11.8 Å². The minimum atomic E-state index is 0.180. The van der Waals surface area contributed by atoms with Crippen LogP contribution in [0.5, 0.6) is 0 Å². The molecule has 1 aliphatic rings. The molecule has 0 spiro atoms. The summed E-state index contributed by atoms with van der Waals surface area (Å²) in [5.41, 5.74) is 0. The Bertz CT molecular complexity index is 223. The standard InChI is InChI=1S/C11H22N2OS/c1-8-5-12-6-10(8)11(14)13(3)9(2)7-15-4/h8-10,12H,5-7H2,1-4H3. The van der Waals surface area contributed by atoms with Gasteiger partial charge < -0.3 is 10.2 Å². The molecule has 1 N–H and O–H groups in total. The quantitative estimate of drug-likeness (QED) is 0.783. The Kier molecular flexibility index (Phi) is 4.93. The fraction of sp³-hybridized carbons (Fsp3) is 0.909. The number of hydrogen-bond acceptors (Lipinski definition) is 3. The second kappa shape index (κ2) is 5.75. The summed E-state index contributed by atoms with van der Waals surface area (Å²) < 4.78 is 0. The van der Waals surface area contributed by atoms with Crippen molar-refractivity contribution in [3.63, 3.8) is 0 Å². The molecule has 1 heterocycles. The Morgan fingerprint density at radius 3 is 2.73 bits per heavy atom. The number of rotatable bonds is 4. The van der Waals surface area contributed by atoms with Crippen molar-refractivity contribution >= 4 is 17.7 Å². The van der Waals surface area contributed by atoms with E-state index in [-0.39, 0.29) is 5.92 Å². The fourth-order valence-corrected chi connectivity index (χ4v) is 2.68. The van der Waals surface area contributed by atoms with Crippen molar-refractivity contribution in [3.8, 4) is 0 Å². The second-order valence-electron chi connectivity index (χ2n) is 4.50. The van der Waals surface area contributed by atoms with E-state index < -0.39 is 0 Å². The third kappa shape index (κ3) is 3.11. The zero-order chi connectivity index (χ0) is 11.4. The summed E-state index contributed by atoms with van der Waals surface area (Å²) in [6, 6.07) is 0.334. The number of carbonyl (C=O) groups is 1. The number of carbonyl (C=O) groups excluding carboxylic acids is 1. The van der Waals surface area contributed by atoms with Crippen LogP contribution in [-0.2, 0) is 4.79 Å². The maximum Gasteiger partial charge on any atom is 0.227 e. The van der Waals surface area contributed by atoms with Crippen molar-refractivity contribution in [1.82, 2.24) is 10.2 Å². The molecule has 4 heteroatoms. The molecular formula is C11H22N2OS. The normalized spacial score (nSPS) is 27.7. The summed E-state index contributed by atoms with van der Waals surface area (Å²) in [4.78, 5) is 14.1. The van der Waals surface area contributed by atoms with Crippen LogP contribution in [0.4, 0.5) is 0 Å². The first-order chi connectivity index (χ1) is 7.07. The van der Waals surface area contributed by atoms with Gasteiger partial charge in [0.05, 0.1) is 5.92 Å². The number of hydrogen-bond donors (Lipinski definition) is 1. The third-order valence-corrected chi connectivity index (χ3v) is 4.07. The van der Waals surface area contributed by atoms with E-state index in [1.807, 2.05) is 11.9 Å². The first-order valence-electron chi connectivity index (χ1n) is 5.54. The summed E-state index contributed by atoms with van der Waals surface area (Å²) in [5, 5.41) is 3.28. The van der Waals surface area contributed by atoms with Gasteiger partial charge in [-0.05, 0) is 25.6 Å². The Morgan fingerprint density at radius 2 is 2.27 bits per heavy atom. The van der Waals surface area contributed by atoms with Crippen molar-refractivity contribution in [2.45, 2.75) is 19.9 Å². The molecule has 15 heavy (non-hydrogen) atoms. The molecule has 1 amide bonds. The van der Waals surface area contributed by atoms with Crippen LogP contribution in [0, 0.1) is 11.8 Å². The SMILES string of the molecule is CSCC(C)N(C)C(=O)C1CNCC1C. The van der Waals surface area contributed by atoms with Crippen LogP contribution < -0.4 is 5.32 Å². The highest BCUT2D eigenvalue weighted by Gasteiger charge is 2.32. The molecule has 1 fully saturated rings. The highest BCUT2D eigenvalue weighted by molar-refractivity contribution is 7.98. The molecule has 3 unspecified atom stereocenters. The summed E-state index contributed by atoms with van der Waals surface area (Å²) >= 11 is 1.79. The number of thioether (sulfide) groups is 1. The molecule has 0 aliphatic carbocycles. The molecule has 0 aromatic carbocycles. The maximum atomic E-state index is 12.1. The lowest BCUT2D eigenvalue weighted by Crippen LogP contribution is -2.42. The van der Waals surface area contributed by atoms with E-state index in [4.69, 9.17) is 0 Å². The van der Waals surface area contributed by atoms with E-state index in [1.165, 1.54) is 0 Å². The average molecular weight is 230 g/mol. The third-order valence-electron chi connectivity index (χ3n) is 3.25. The van der Waals surface area contributed by atoms with Gasteiger partial charge in [0.25, 0.3) is 0 Å². The minimum Gasteiger partial charge on any atom is -0.342 e. The van der Waals surface area contributed by atoms with Crippen LogP contribution in [0.25, 0.3) is 0 Å². The smallest absolute Gasteiger partial charge is 0.227 e. The molecule has 0 radical (unpaired) electrons. The van der Waals surface area contributed by atoms with Gasteiger partial charge in [0.15, 0.2) is 0 Å². The van der Waals surface area contributed by atoms with E-state index >= 15 is 0 Å². The zero-order valence-electron chi connectivity index (χ0n) is 10.1. The highest BCUT2D eigenvalue weighted by Crippen LogP contribution is 2.19. The van der Waals surface area contributed by atoms with E-state index in [0.717, 1.165) is 18.8 Å². The zero-order valence-corrected chi connectivity index (χ0v) is 10.9. The van der Waals surface area contributed by atoms with Crippen LogP contribution in [0.3, 0.4) is 0 Å². The van der Waals surface area contributed by atoms with Gasteiger partial charge in [0.2, 0.25) is 5.91 Å².